The van der Waals surface area contributed by atoms with Crippen LogP contribution in [-0.2, 0) is 0 Å². The maximum absolute atomic E-state index is 10.2. The maximum Gasteiger partial charge on any atom is 0.0693 e. The Kier molecular flexibility index (Phi) is 5.22. The Morgan fingerprint density at radius 2 is 2.06 bits per heavy atom. The van der Waals surface area contributed by atoms with Gasteiger partial charge < -0.3 is 10.4 Å². The van der Waals surface area contributed by atoms with Crippen molar-refractivity contribution in [2.75, 3.05) is 0 Å². The number of aliphatic hydroxyl groups excluding tert-OH is 1. The van der Waals surface area contributed by atoms with E-state index < -0.39 is 0 Å². The molecule has 0 saturated heterocycles. The van der Waals surface area contributed by atoms with E-state index in [1.807, 2.05) is 11.3 Å². The average Bonchev–Trinajstić information content (AvgIpc) is 2.78. The molecule has 0 aromatic carbocycles. The standard InChI is InChI=1S/C15H25NOS/c1-11(2)15(14-9-6-10-18-14)16-12-7-4-3-5-8-13(12)17/h6,9-13,15-17H,3-5,7-8H2,1-2H3. The highest BCUT2D eigenvalue weighted by Crippen LogP contribution is 2.28. The van der Waals surface area contributed by atoms with Crippen LogP contribution in [0.1, 0.15) is 56.9 Å². The zero-order chi connectivity index (χ0) is 13.0. The monoisotopic (exact) mass is 267 g/mol. The van der Waals surface area contributed by atoms with Crippen LogP contribution in [0.3, 0.4) is 0 Å². The molecule has 2 N–H and O–H groups in total. The number of hydrogen-bond donors (Lipinski definition) is 2. The Bertz CT molecular complexity index is 336. The van der Waals surface area contributed by atoms with Crippen molar-refractivity contribution in [3.63, 3.8) is 0 Å². The Morgan fingerprint density at radius 3 is 2.72 bits per heavy atom. The maximum atomic E-state index is 10.2. The Hall–Kier alpha value is -0.380. The molecule has 1 aliphatic rings. The van der Waals surface area contributed by atoms with Crippen molar-refractivity contribution in [2.45, 2.75) is 64.1 Å². The summed E-state index contributed by atoms with van der Waals surface area (Å²) < 4.78 is 0. The van der Waals surface area contributed by atoms with Crippen LogP contribution in [0.4, 0.5) is 0 Å². The van der Waals surface area contributed by atoms with Crippen molar-refractivity contribution >= 4 is 11.3 Å². The third-order valence-corrected chi connectivity index (χ3v) is 4.84. The summed E-state index contributed by atoms with van der Waals surface area (Å²) in [6.45, 7) is 4.50. The molecule has 0 bridgehead atoms. The second-order valence-electron chi connectivity index (χ2n) is 5.72. The van der Waals surface area contributed by atoms with Gasteiger partial charge in [-0.3, -0.25) is 0 Å². The fourth-order valence-corrected chi connectivity index (χ4v) is 3.74. The number of thiophene rings is 1. The molecule has 0 spiro atoms. The predicted molar refractivity (Wildman–Crippen MR) is 77.9 cm³/mol. The lowest BCUT2D eigenvalue weighted by atomic mass is 9.98. The fraction of sp³-hybridized carbons (Fsp3) is 0.733. The normalized spacial score (nSPS) is 27.1. The second-order valence-corrected chi connectivity index (χ2v) is 6.69. The minimum atomic E-state index is -0.172. The first kappa shape index (κ1) is 14.0. The molecule has 3 unspecified atom stereocenters. The van der Waals surface area contributed by atoms with E-state index in [-0.39, 0.29) is 12.1 Å². The molecule has 18 heavy (non-hydrogen) atoms. The van der Waals surface area contributed by atoms with E-state index in [1.54, 1.807) is 0 Å². The molecule has 1 heterocycles. The Morgan fingerprint density at radius 1 is 1.28 bits per heavy atom. The van der Waals surface area contributed by atoms with Crippen LogP contribution in [0, 0.1) is 5.92 Å². The first-order valence-corrected chi connectivity index (χ1v) is 8.04. The fourth-order valence-electron chi connectivity index (χ4n) is 2.78. The highest BCUT2D eigenvalue weighted by molar-refractivity contribution is 7.10. The molecule has 0 aliphatic heterocycles. The van der Waals surface area contributed by atoms with Crippen LogP contribution in [0.5, 0.6) is 0 Å². The van der Waals surface area contributed by atoms with E-state index in [1.165, 1.54) is 24.1 Å². The van der Waals surface area contributed by atoms with E-state index in [0.717, 1.165) is 12.8 Å². The highest BCUT2D eigenvalue weighted by Gasteiger charge is 2.26. The largest absolute Gasteiger partial charge is 0.392 e. The van der Waals surface area contributed by atoms with E-state index in [0.29, 0.717) is 12.0 Å². The van der Waals surface area contributed by atoms with Gasteiger partial charge in [-0.05, 0) is 30.2 Å². The van der Waals surface area contributed by atoms with Crippen molar-refractivity contribution in [2.24, 2.45) is 5.92 Å². The van der Waals surface area contributed by atoms with Crippen LogP contribution in [-0.4, -0.2) is 17.3 Å². The second kappa shape index (κ2) is 6.69. The molecule has 1 fully saturated rings. The van der Waals surface area contributed by atoms with Gasteiger partial charge in [-0.15, -0.1) is 11.3 Å². The zero-order valence-corrected chi connectivity index (χ0v) is 12.2. The summed E-state index contributed by atoms with van der Waals surface area (Å²) in [6.07, 6.45) is 5.56. The van der Waals surface area contributed by atoms with Crippen LogP contribution >= 0.6 is 11.3 Å². The third-order valence-electron chi connectivity index (χ3n) is 3.89. The lowest BCUT2D eigenvalue weighted by Gasteiger charge is -2.29. The molecule has 102 valence electrons. The summed E-state index contributed by atoms with van der Waals surface area (Å²) in [7, 11) is 0. The molecular weight excluding hydrogens is 242 g/mol. The quantitative estimate of drug-likeness (QED) is 0.815. The van der Waals surface area contributed by atoms with Crippen LogP contribution < -0.4 is 5.32 Å². The number of rotatable bonds is 4. The van der Waals surface area contributed by atoms with Crippen molar-refractivity contribution < 1.29 is 5.11 Å². The first-order valence-electron chi connectivity index (χ1n) is 7.16. The predicted octanol–water partition coefficient (Wildman–Crippen LogP) is 3.73. The van der Waals surface area contributed by atoms with Crippen molar-refractivity contribution in [3.05, 3.63) is 22.4 Å². The molecule has 0 radical (unpaired) electrons. The minimum absolute atomic E-state index is 0.172. The SMILES string of the molecule is CC(C)C(NC1CCCCCC1O)c1cccs1. The van der Waals surface area contributed by atoms with Gasteiger partial charge in [0.05, 0.1) is 6.10 Å². The Labute approximate surface area is 114 Å². The number of nitrogens with one attached hydrogen (secondary N) is 1. The van der Waals surface area contributed by atoms with Crippen molar-refractivity contribution in [1.82, 2.24) is 5.32 Å². The molecule has 3 atom stereocenters. The average molecular weight is 267 g/mol. The molecule has 0 amide bonds. The molecule has 1 aromatic rings. The van der Waals surface area contributed by atoms with Gasteiger partial charge in [0.2, 0.25) is 0 Å². The van der Waals surface area contributed by atoms with E-state index in [2.05, 4.69) is 36.7 Å². The summed E-state index contributed by atoms with van der Waals surface area (Å²) in [6, 6.07) is 4.95. The van der Waals surface area contributed by atoms with Crippen LogP contribution in [0.15, 0.2) is 17.5 Å². The van der Waals surface area contributed by atoms with Gasteiger partial charge in [0.25, 0.3) is 0 Å². The smallest absolute Gasteiger partial charge is 0.0693 e. The molecule has 1 aromatic heterocycles. The van der Waals surface area contributed by atoms with Gasteiger partial charge in [0.1, 0.15) is 0 Å². The first-order chi connectivity index (χ1) is 8.68. The number of hydrogen-bond acceptors (Lipinski definition) is 3. The molecule has 2 nitrogen and oxygen atoms in total. The topological polar surface area (TPSA) is 32.3 Å². The summed E-state index contributed by atoms with van der Waals surface area (Å²) >= 11 is 1.81. The number of aliphatic hydroxyl groups is 1. The van der Waals surface area contributed by atoms with Gasteiger partial charge >= 0.3 is 0 Å². The summed E-state index contributed by atoms with van der Waals surface area (Å²) in [5.41, 5.74) is 0. The van der Waals surface area contributed by atoms with E-state index in [4.69, 9.17) is 0 Å². The molecule has 1 aliphatic carbocycles. The summed E-state index contributed by atoms with van der Waals surface area (Å²) in [4.78, 5) is 1.39. The summed E-state index contributed by atoms with van der Waals surface area (Å²) in [5.74, 6) is 0.555. The molecular formula is C15H25NOS. The molecule has 3 heteroatoms. The van der Waals surface area contributed by atoms with Crippen molar-refractivity contribution in [3.8, 4) is 0 Å². The molecule has 1 saturated carbocycles. The summed E-state index contributed by atoms with van der Waals surface area (Å²) in [5, 5.41) is 16.1. The van der Waals surface area contributed by atoms with E-state index in [9.17, 15) is 5.11 Å². The minimum Gasteiger partial charge on any atom is -0.392 e. The zero-order valence-electron chi connectivity index (χ0n) is 11.4. The third kappa shape index (κ3) is 3.56. The van der Waals surface area contributed by atoms with Gasteiger partial charge in [-0.1, -0.05) is 39.2 Å². The lowest BCUT2D eigenvalue weighted by Crippen LogP contribution is -2.42. The van der Waals surface area contributed by atoms with Gasteiger partial charge in [-0.25, -0.2) is 0 Å². The lowest BCUT2D eigenvalue weighted by molar-refractivity contribution is 0.109. The van der Waals surface area contributed by atoms with Gasteiger partial charge in [0.15, 0.2) is 0 Å². The molecule has 2 rings (SSSR count). The Balaban J connectivity index is 2.04. The highest BCUT2D eigenvalue weighted by atomic mass is 32.1. The van der Waals surface area contributed by atoms with Gasteiger partial charge in [0, 0.05) is 17.0 Å². The van der Waals surface area contributed by atoms with E-state index >= 15 is 0 Å². The van der Waals surface area contributed by atoms with Crippen molar-refractivity contribution in [1.29, 1.82) is 0 Å². The van der Waals surface area contributed by atoms with Crippen LogP contribution in [0.25, 0.3) is 0 Å². The van der Waals surface area contributed by atoms with Crippen LogP contribution in [0.2, 0.25) is 0 Å². The van der Waals surface area contributed by atoms with Gasteiger partial charge in [-0.2, -0.15) is 0 Å².